The molecule has 9 heteroatoms. The molecule has 0 aromatic heterocycles. The van der Waals surface area contributed by atoms with E-state index in [4.69, 9.17) is 40.0 Å². The predicted octanol–water partition coefficient (Wildman–Crippen LogP) is -4.04. The Kier molecular flexibility index (Phi) is 19.0. The maximum Gasteiger partial charge on any atom is 0.188 e. The maximum atomic E-state index is 8.33. The molecule has 0 heterocycles. The van der Waals surface area contributed by atoms with E-state index in [9.17, 15) is 0 Å². The molecular weight excluding hydrogens is 216 g/mol. The van der Waals surface area contributed by atoms with Gasteiger partial charge in [0.1, 0.15) is 0 Å². The molecule has 0 saturated heterocycles. The van der Waals surface area contributed by atoms with Gasteiger partial charge >= 0.3 is 0 Å². The Bertz CT molecular complexity index is 137. The zero-order valence-electron chi connectivity index (χ0n) is 8.00. The number of ether oxygens (including phenoxy) is 1. The molecule has 92 valence electrons. The van der Waals surface area contributed by atoms with Gasteiger partial charge in [-0.3, -0.25) is 0 Å². The van der Waals surface area contributed by atoms with Crippen molar-refractivity contribution in [2.75, 3.05) is 6.61 Å². The standard InChI is InChI=1S/C4H10O3.2CH2O3/c1-3-6-4(2)7-5;2*2-1(3)4/h4-5H,3H2,1-2H3;2*(H2,2,3,4)/p-4. The molecule has 0 aliphatic heterocycles. The van der Waals surface area contributed by atoms with Crippen LogP contribution in [-0.4, -0.2) is 30.5 Å². The first-order valence-electron chi connectivity index (χ1n) is 3.45. The first kappa shape index (κ1) is 19.1. The molecule has 0 fully saturated rings. The fourth-order valence-corrected chi connectivity index (χ4v) is 0.265. The Balaban J connectivity index is -0.000000155. The smallest absolute Gasteiger partial charge is 0.188 e. The molecule has 0 rings (SSSR count). The van der Waals surface area contributed by atoms with Gasteiger partial charge in [-0.25, -0.2) is 10.1 Å². The van der Waals surface area contributed by atoms with Gasteiger partial charge in [-0.05, 0) is 26.2 Å². The van der Waals surface area contributed by atoms with Crippen LogP contribution in [0.2, 0.25) is 0 Å². The number of carbonyl (C=O) groups is 2. The van der Waals surface area contributed by atoms with Crippen molar-refractivity contribution < 1.29 is 44.9 Å². The fourth-order valence-electron chi connectivity index (χ4n) is 0.265. The summed E-state index contributed by atoms with van der Waals surface area (Å²) in [5.41, 5.74) is 0. The Labute approximate surface area is 85.0 Å². The van der Waals surface area contributed by atoms with Crippen LogP contribution in [0.4, 0.5) is 9.59 Å². The molecule has 0 bridgehead atoms. The Morgan fingerprint density at radius 3 is 1.53 bits per heavy atom. The molecule has 0 aromatic carbocycles. The summed E-state index contributed by atoms with van der Waals surface area (Å²) in [7, 11) is 0. The molecule has 0 saturated carbocycles. The van der Waals surface area contributed by atoms with Gasteiger partial charge < -0.3 is 34.8 Å². The Hall–Kier alpha value is -1.58. The van der Waals surface area contributed by atoms with Crippen molar-refractivity contribution in [3.05, 3.63) is 0 Å². The number of carboxylic acid groups (broad SMARTS) is 4. The minimum absolute atomic E-state index is 0.495. The average Bonchev–Trinajstić information content (AvgIpc) is 2.02. The van der Waals surface area contributed by atoms with Crippen LogP contribution in [0.25, 0.3) is 0 Å². The van der Waals surface area contributed by atoms with E-state index in [2.05, 4.69) is 4.89 Å². The molecule has 0 aromatic rings. The Morgan fingerprint density at radius 2 is 1.47 bits per heavy atom. The number of rotatable bonds is 3. The van der Waals surface area contributed by atoms with E-state index in [1.807, 2.05) is 6.92 Å². The van der Waals surface area contributed by atoms with Crippen LogP contribution in [0.5, 0.6) is 0 Å². The van der Waals surface area contributed by atoms with Gasteiger partial charge in [0.2, 0.25) is 0 Å². The van der Waals surface area contributed by atoms with Gasteiger partial charge in [-0.15, -0.1) is 0 Å². The summed E-state index contributed by atoms with van der Waals surface area (Å²) < 4.78 is 4.72. The second-order valence-corrected chi connectivity index (χ2v) is 1.63. The molecule has 15 heavy (non-hydrogen) atoms. The second-order valence-electron chi connectivity index (χ2n) is 1.63. The molecule has 0 aliphatic rings. The van der Waals surface area contributed by atoms with Crippen LogP contribution in [0.3, 0.4) is 0 Å². The summed E-state index contributed by atoms with van der Waals surface area (Å²) >= 11 is 0. The molecule has 1 unspecified atom stereocenters. The van der Waals surface area contributed by atoms with E-state index >= 15 is 0 Å². The highest BCUT2D eigenvalue weighted by atomic mass is 17.1. The number of hydrogen-bond donors (Lipinski definition) is 1. The monoisotopic (exact) mass is 226 g/mol. The van der Waals surface area contributed by atoms with Crippen molar-refractivity contribution >= 4 is 12.3 Å². The second kappa shape index (κ2) is 14.9. The molecule has 1 N–H and O–H groups in total. The Morgan fingerprint density at radius 1 is 1.20 bits per heavy atom. The SMILES string of the molecule is CCOC(C)OO.O=C([O-])[O-].O=C([O-])[O-]. The molecule has 0 aliphatic carbocycles. The van der Waals surface area contributed by atoms with Crippen molar-refractivity contribution in [3.63, 3.8) is 0 Å². The van der Waals surface area contributed by atoms with Crippen LogP contribution >= 0.6 is 0 Å². The molecule has 0 amide bonds. The number of hydrogen-bond acceptors (Lipinski definition) is 9. The lowest BCUT2D eigenvalue weighted by Gasteiger charge is -2.04. The third-order valence-corrected chi connectivity index (χ3v) is 0.550. The van der Waals surface area contributed by atoms with E-state index in [1.54, 1.807) is 6.92 Å². The highest BCUT2D eigenvalue weighted by molar-refractivity contribution is 5.47. The van der Waals surface area contributed by atoms with Crippen LogP contribution in [-0.2, 0) is 9.62 Å². The molecule has 0 radical (unpaired) electrons. The molecule has 0 spiro atoms. The first-order valence-corrected chi connectivity index (χ1v) is 3.45. The third kappa shape index (κ3) is 115. The van der Waals surface area contributed by atoms with Crippen molar-refractivity contribution in [3.8, 4) is 0 Å². The highest BCUT2D eigenvalue weighted by Gasteiger charge is 1.94. The fraction of sp³-hybridized carbons (Fsp3) is 0.667. The van der Waals surface area contributed by atoms with E-state index in [-0.39, 0.29) is 0 Å². The minimum atomic E-state index is -2.33. The summed E-state index contributed by atoms with van der Waals surface area (Å²) in [4.78, 5) is 20.4. The van der Waals surface area contributed by atoms with Crippen molar-refractivity contribution in [1.29, 1.82) is 0 Å². The predicted molar refractivity (Wildman–Crippen MR) is 35.6 cm³/mol. The van der Waals surface area contributed by atoms with Gasteiger partial charge in [0.15, 0.2) is 6.29 Å². The summed E-state index contributed by atoms with van der Waals surface area (Å²) in [6.45, 7) is 4.00. The largest absolute Gasteiger partial charge is 0.652 e. The van der Waals surface area contributed by atoms with E-state index in [1.165, 1.54) is 0 Å². The minimum Gasteiger partial charge on any atom is -0.652 e. The summed E-state index contributed by atoms with van der Waals surface area (Å²) in [5.74, 6) is 0. The average molecular weight is 226 g/mol. The van der Waals surface area contributed by atoms with Gasteiger partial charge in [0, 0.05) is 6.61 Å². The van der Waals surface area contributed by atoms with E-state index in [0.29, 0.717) is 6.61 Å². The molecule has 1 atom stereocenters. The lowest BCUT2D eigenvalue weighted by atomic mass is 10.7. The van der Waals surface area contributed by atoms with Crippen molar-refractivity contribution in [2.24, 2.45) is 0 Å². The number of carbonyl (C=O) groups excluding carboxylic acids is 2. The van der Waals surface area contributed by atoms with Crippen molar-refractivity contribution in [1.82, 2.24) is 0 Å². The van der Waals surface area contributed by atoms with Gasteiger partial charge in [0.05, 0.1) is 0 Å². The normalized spacial score (nSPS) is 9.80. The molecular formula is C6H10O9-4. The van der Waals surface area contributed by atoms with Crippen LogP contribution in [0, 0.1) is 0 Å². The topological polar surface area (TPSA) is 165 Å². The van der Waals surface area contributed by atoms with Crippen molar-refractivity contribution in [2.45, 2.75) is 20.1 Å². The van der Waals surface area contributed by atoms with Crippen LogP contribution in [0.1, 0.15) is 13.8 Å². The zero-order valence-corrected chi connectivity index (χ0v) is 8.00. The van der Waals surface area contributed by atoms with E-state index < -0.39 is 18.6 Å². The summed E-state index contributed by atoms with van der Waals surface area (Å²) in [6, 6.07) is 0. The van der Waals surface area contributed by atoms with E-state index in [0.717, 1.165) is 0 Å². The van der Waals surface area contributed by atoms with Gasteiger partial charge in [-0.1, -0.05) is 0 Å². The van der Waals surface area contributed by atoms with Gasteiger partial charge in [0.25, 0.3) is 0 Å². The summed E-state index contributed by atoms with van der Waals surface area (Å²) in [5, 5.41) is 41.2. The molecule has 9 nitrogen and oxygen atoms in total. The highest BCUT2D eigenvalue weighted by Crippen LogP contribution is 1.86. The van der Waals surface area contributed by atoms with Gasteiger partial charge in [-0.2, -0.15) is 0 Å². The lowest BCUT2D eigenvalue weighted by Crippen LogP contribution is -2.37. The quantitative estimate of drug-likeness (QED) is 0.286. The zero-order chi connectivity index (χ0) is 12.9. The third-order valence-electron chi connectivity index (χ3n) is 0.550. The van der Waals surface area contributed by atoms with Crippen LogP contribution < -0.4 is 20.4 Å². The first-order chi connectivity index (χ1) is 6.77. The maximum absolute atomic E-state index is 8.33. The summed E-state index contributed by atoms with van der Waals surface area (Å²) in [6.07, 6.45) is -5.16. The lowest BCUT2D eigenvalue weighted by molar-refractivity contribution is -0.417. The van der Waals surface area contributed by atoms with Crippen LogP contribution in [0.15, 0.2) is 0 Å².